The SMILES string of the molecule is COC(=O)c1ccc(NC(=O)C2CCN(Cc3cccc4ccccc34)CC2)cc1. The van der Waals surface area contributed by atoms with Crippen LogP contribution in [0.5, 0.6) is 0 Å². The average molecular weight is 402 g/mol. The fraction of sp³-hybridized carbons (Fsp3) is 0.280. The number of nitrogens with one attached hydrogen (secondary N) is 1. The molecule has 1 aliphatic heterocycles. The van der Waals surface area contributed by atoms with Crippen LogP contribution in [0.4, 0.5) is 5.69 Å². The molecule has 1 heterocycles. The highest BCUT2D eigenvalue weighted by molar-refractivity contribution is 5.94. The van der Waals surface area contributed by atoms with Gasteiger partial charge in [0.05, 0.1) is 12.7 Å². The molecule has 1 amide bonds. The van der Waals surface area contributed by atoms with Gasteiger partial charge in [0.2, 0.25) is 5.91 Å². The van der Waals surface area contributed by atoms with Crippen LogP contribution in [0.15, 0.2) is 66.7 Å². The van der Waals surface area contributed by atoms with E-state index in [1.165, 1.54) is 23.4 Å². The predicted octanol–water partition coefficient (Wildman–Crippen LogP) is 4.48. The molecule has 5 heteroatoms. The first-order valence-corrected chi connectivity index (χ1v) is 10.3. The second kappa shape index (κ2) is 9.09. The summed E-state index contributed by atoms with van der Waals surface area (Å²) in [5.74, 6) is -0.328. The molecule has 3 aromatic rings. The van der Waals surface area contributed by atoms with Crippen LogP contribution in [-0.2, 0) is 16.1 Å². The lowest BCUT2D eigenvalue weighted by molar-refractivity contribution is -0.121. The van der Waals surface area contributed by atoms with E-state index in [9.17, 15) is 9.59 Å². The Balaban J connectivity index is 1.32. The normalized spacial score (nSPS) is 15.1. The number of carbonyl (C=O) groups is 2. The Morgan fingerprint density at radius 1 is 0.967 bits per heavy atom. The number of carbonyl (C=O) groups excluding carboxylic acids is 2. The first kappa shape index (κ1) is 20.1. The topological polar surface area (TPSA) is 58.6 Å². The number of ether oxygens (including phenoxy) is 1. The summed E-state index contributed by atoms with van der Waals surface area (Å²) in [6.07, 6.45) is 1.69. The number of rotatable bonds is 5. The Labute approximate surface area is 176 Å². The zero-order valence-electron chi connectivity index (χ0n) is 17.1. The van der Waals surface area contributed by atoms with Gasteiger partial charge in [-0.25, -0.2) is 4.79 Å². The van der Waals surface area contributed by atoms with E-state index >= 15 is 0 Å². The molecule has 3 aromatic carbocycles. The summed E-state index contributed by atoms with van der Waals surface area (Å²) in [6.45, 7) is 2.72. The zero-order chi connectivity index (χ0) is 20.9. The first-order valence-electron chi connectivity index (χ1n) is 10.3. The number of amides is 1. The van der Waals surface area contributed by atoms with Gasteiger partial charge in [-0.15, -0.1) is 0 Å². The van der Waals surface area contributed by atoms with E-state index in [-0.39, 0.29) is 17.8 Å². The number of likely N-dealkylation sites (tertiary alicyclic amines) is 1. The highest BCUT2D eigenvalue weighted by atomic mass is 16.5. The zero-order valence-corrected chi connectivity index (χ0v) is 17.1. The van der Waals surface area contributed by atoms with Crippen molar-refractivity contribution in [3.05, 3.63) is 77.9 Å². The van der Waals surface area contributed by atoms with Crippen molar-refractivity contribution in [2.24, 2.45) is 5.92 Å². The van der Waals surface area contributed by atoms with Crippen LogP contribution in [0.1, 0.15) is 28.8 Å². The van der Waals surface area contributed by atoms with Crippen molar-refractivity contribution in [1.82, 2.24) is 4.90 Å². The number of hydrogen-bond acceptors (Lipinski definition) is 4. The minimum absolute atomic E-state index is 0.00838. The lowest BCUT2D eigenvalue weighted by atomic mass is 9.95. The molecule has 5 nitrogen and oxygen atoms in total. The van der Waals surface area contributed by atoms with Crippen molar-refractivity contribution in [2.75, 3.05) is 25.5 Å². The summed E-state index contributed by atoms with van der Waals surface area (Å²) >= 11 is 0. The third kappa shape index (κ3) is 4.52. The van der Waals surface area contributed by atoms with Gasteiger partial charge >= 0.3 is 5.97 Å². The quantitative estimate of drug-likeness (QED) is 0.640. The van der Waals surface area contributed by atoms with Crippen LogP contribution >= 0.6 is 0 Å². The maximum Gasteiger partial charge on any atom is 0.337 e. The van der Waals surface area contributed by atoms with Gasteiger partial charge < -0.3 is 10.1 Å². The Kier molecular flexibility index (Phi) is 6.10. The minimum atomic E-state index is -0.383. The standard InChI is InChI=1S/C25H26N2O3/c1-30-25(29)20-9-11-22(12-10-20)26-24(28)19-13-15-27(16-14-19)17-21-7-4-6-18-5-2-3-8-23(18)21/h2-12,19H,13-17H2,1H3,(H,26,28). The van der Waals surface area contributed by atoms with Crippen LogP contribution in [0.25, 0.3) is 10.8 Å². The van der Waals surface area contributed by atoms with Gasteiger partial charge in [-0.1, -0.05) is 42.5 Å². The molecule has 30 heavy (non-hydrogen) atoms. The molecule has 0 unspecified atom stereocenters. The van der Waals surface area contributed by atoms with Gasteiger partial charge in [-0.05, 0) is 66.5 Å². The van der Waals surface area contributed by atoms with Crippen LogP contribution in [0, 0.1) is 5.92 Å². The van der Waals surface area contributed by atoms with Crippen molar-refractivity contribution < 1.29 is 14.3 Å². The molecule has 0 aromatic heterocycles. The van der Waals surface area contributed by atoms with E-state index in [1.54, 1.807) is 24.3 Å². The maximum absolute atomic E-state index is 12.7. The van der Waals surface area contributed by atoms with Gasteiger partial charge in [0.25, 0.3) is 0 Å². The van der Waals surface area contributed by atoms with E-state index in [0.717, 1.165) is 32.5 Å². The molecule has 0 atom stereocenters. The second-order valence-corrected chi connectivity index (χ2v) is 7.75. The number of benzene rings is 3. The predicted molar refractivity (Wildman–Crippen MR) is 118 cm³/mol. The largest absolute Gasteiger partial charge is 0.465 e. The Morgan fingerprint density at radius 3 is 2.40 bits per heavy atom. The smallest absolute Gasteiger partial charge is 0.337 e. The van der Waals surface area contributed by atoms with Crippen molar-refractivity contribution >= 4 is 28.3 Å². The number of hydrogen-bond donors (Lipinski definition) is 1. The molecular formula is C25H26N2O3. The molecule has 1 saturated heterocycles. The summed E-state index contributed by atoms with van der Waals surface area (Å²) in [4.78, 5) is 26.6. The molecule has 0 saturated carbocycles. The first-order chi connectivity index (χ1) is 14.6. The van der Waals surface area contributed by atoms with Gasteiger partial charge in [-0.3, -0.25) is 9.69 Å². The summed E-state index contributed by atoms with van der Waals surface area (Å²) in [6, 6.07) is 21.7. The van der Waals surface area contributed by atoms with Crippen LogP contribution in [-0.4, -0.2) is 37.0 Å². The van der Waals surface area contributed by atoms with Gasteiger partial charge in [0.15, 0.2) is 0 Å². The van der Waals surface area contributed by atoms with E-state index in [1.807, 2.05) is 0 Å². The molecular weight excluding hydrogens is 376 g/mol. The fourth-order valence-electron chi connectivity index (χ4n) is 4.08. The lowest BCUT2D eigenvalue weighted by Gasteiger charge is -2.31. The lowest BCUT2D eigenvalue weighted by Crippen LogP contribution is -2.37. The molecule has 0 bridgehead atoms. The maximum atomic E-state index is 12.7. The molecule has 154 valence electrons. The molecule has 1 aliphatic rings. The fourth-order valence-corrected chi connectivity index (χ4v) is 4.08. The van der Waals surface area contributed by atoms with E-state index in [4.69, 9.17) is 4.74 Å². The molecule has 1 N–H and O–H groups in total. The van der Waals surface area contributed by atoms with E-state index in [0.29, 0.717) is 11.3 Å². The summed E-state index contributed by atoms with van der Waals surface area (Å²) < 4.78 is 4.70. The van der Waals surface area contributed by atoms with Crippen molar-refractivity contribution in [2.45, 2.75) is 19.4 Å². The Hall–Kier alpha value is -3.18. The number of methoxy groups -OCH3 is 1. The molecule has 0 radical (unpaired) electrons. The average Bonchev–Trinajstić information content (AvgIpc) is 2.80. The molecule has 4 rings (SSSR count). The number of anilines is 1. The Bertz CT molecular complexity index is 1030. The summed E-state index contributed by atoms with van der Waals surface area (Å²) in [7, 11) is 1.35. The van der Waals surface area contributed by atoms with Crippen molar-refractivity contribution in [3.8, 4) is 0 Å². The van der Waals surface area contributed by atoms with E-state index in [2.05, 4.69) is 52.7 Å². The highest BCUT2D eigenvalue weighted by Crippen LogP contribution is 2.24. The molecule has 1 fully saturated rings. The number of fused-ring (bicyclic) bond motifs is 1. The Morgan fingerprint density at radius 2 is 1.67 bits per heavy atom. The van der Waals surface area contributed by atoms with Crippen LogP contribution in [0.3, 0.4) is 0 Å². The molecule has 0 aliphatic carbocycles. The van der Waals surface area contributed by atoms with Crippen LogP contribution < -0.4 is 5.32 Å². The summed E-state index contributed by atoms with van der Waals surface area (Å²) in [5.41, 5.74) is 2.50. The number of nitrogens with zero attached hydrogens (tertiary/aromatic N) is 1. The second-order valence-electron chi connectivity index (χ2n) is 7.75. The molecule has 0 spiro atoms. The van der Waals surface area contributed by atoms with Crippen LogP contribution in [0.2, 0.25) is 0 Å². The van der Waals surface area contributed by atoms with Gasteiger partial charge in [0.1, 0.15) is 0 Å². The minimum Gasteiger partial charge on any atom is -0.465 e. The van der Waals surface area contributed by atoms with Gasteiger partial charge in [-0.2, -0.15) is 0 Å². The van der Waals surface area contributed by atoms with Crippen molar-refractivity contribution in [3.63, 3.8) is 0 Å². The van der Waals surface area contributed by atoms with Gasteiger partial charge in [0, 0.05) is 18.2 Å². The highest BCUT2D eigenvalue weighted by Gasteiger charge is 2.25. The van der Waals surface area contributed by atoms with E-state index < -0.39 is 0 Å². The number of piperidine rings is 1. The monoisotopic (exact) mass is 402 g/mol. The summed E-state index contributed by atoms with van der Waals surface area (Å²) in [5, 5.41) is 5.54. The third-order valence-corrected chi connectivity index (χ3v) is 5.81. The van der Waals surface area contributed by atoms with Crippen molar-refractivity contribution in [1.29, 1.82) is 0 Å². The third-order valence-electron chi connectivity index (χ3n) is 5.81. The number of esters is 1.